The van der Waals surface area contributed by atoms with Crippen LogP contribution in [0.25, 0.3) is 0 Å². The average molecular weight is 511 g/mol. The molecule has 9 heteroatoms. The Labute approximate surface area is 215 Å². The fourth-order valence-electron chi connectivity index (χ4n) is 3.65. The highest BCUT2D eigenvalue weighted by Crippen LogP contribution is 2.25. The van der Waals surface area contributed by atoms with Crippen LogP contribution in [0.3, 0.4) is 0 Å². The van der Waals surface area contributed by atoms with Gasteiger partial charge in [-0.3, -0.25) is 0 Å². The van der Waals surface area contributed by atoms with E-state index in [1.54, 1.807) is 48.5 Å². The summed E-state index contributed by atoms with van der Waals surface area (Å²) in [6, 6.07) is 13.1. The third kappa shape index (κ3) is 7.13. The van der Waals surface area contributed by atoms with Crippen molar-refractivity contribution in [3.63, 3.8) is 0 Å². The maximum atomic E-state index is 12.9. The van der Waals surface area contributed by atoms with E-state index in [9.17, 15) is 14.4 Å². The molecule has 0 radical (unpaired) electrons. The molecule has 0 fully saturated rings. The first kappa shape index (κ1) is 27.3. The summed E-state index contributed by atoms with van der Waals surface area (Å²) in [5.74, 6) is -0.690. The minimum Gasteiger partial charge on any atom is -0.500 e. The van der Waals surface area contributed by atoms with Crippen LogP contribution >= 0.6 is 0 Å². The predicted molar refractivity (Wildman–Crippen MR) is 133 cm³/mol. The van der Waals surface area contributed by atoms with Gasteiger partial charge in [-0.15, -0.1) is 0 Å². The number of hydrogen-bond donors (Lipinski definition) is 0. The lowest BCUT2D eigenvalue weighted by Gasteiger charge is -2.21. The minimum absolute atomic E-state index is 0.172. The number of benzene rings is 2. The Morgan fingerprint density at radius 2 is 1.32 bits per heavy atom. The van der Waals surface area contributed by atoms with Gasteiger partial charge in [0.2, 0.25) is 0 Å². The van der Waals surface area contributed by atoms with Gasteiger partial charge in [0.1, 0.15) is 41.6 Å². The van der Waals surface area contributed by atoms with E-state index in [4.69, 9.17) is 28.4 Å². The monoisotopic (exact) mass is 510 g/mol. The number of ether oxygens (including phenoxy) is 6. The highest BCUT2D eigenvalue weighted by molar-refractivity contribution is 5.94. The Morgan fingerprint density at radius 1 is 0.784 bits per heavy atom. The van der Waals surface area contributed by atoms with Gasteiger partial charge in [-0.2, -0.15) is 0 Å². The van der Waals surface area contributed by atoms with Crippen molar-refractivity contribution in [2.75, 3.05) is 34.5 Å². The molecule has 2 aromatic carbocycles. The van der Waals surface area contributed by atoms with E-state index in [0.29, 0.717) is 23.7 Å². The van der Waals surface area contributed by atoms with Crippen molar-refractivity contribution in [3.8, 4) is 11.5 Å². The zero-order valence-corrected chi connectivity index (χ0v) is 21.2. The van der Waals surface area contributed by atoms with E-state index in [1.165, 1.54) is 27.4 Å². The molecule has 2 unspecified atom stereocenters. The molecule has 37 heavy (non-hydrogen) atoms. The molecule has 2 aromatic rings. The summed E-state index contributed by atoms with van der Waals surface area (Å²) in [6.07, 6.45) is 2.98. The molecular weight excluding hydrogens is 480 g/mol. The van der Waals surface area contributed by atoms with Gasteiger partial charge in [-0.05, 0) is 36.3 Å². The fourth-order valence-corrected chi connectivity index (χ4v) is 3.65. The highest BCUT2D eigenvalue weighted by Gasteiger charge is 2.26. The van der Waals surface area contributed by atoms with Crippen molar-refractivity contribution in [1.82, 2.24) is 0 Å². The fraction of sp³-hybridized carbons (Fsp3) is 0.321. The third-order valence-corrected chi connectivity index (χ3v) is 5.59. The van der Waals surface area contributed by atoms with E-state index < -0.39 is 24.0 Å². The number of carbonyl (C=O) groups is 3. The molecule has 0 N–H and O–H groups in total. The molecule has 3 rings (SSSR count). The summed E-state index contributed by atoms with van der Waals surface area (Å²) in [6.45, 7) is 1.28. The largest absolute Gasteiger partial charge is 0.500 e. The van der Waals surface area contributed by atoms with Crippen molar-refractivity contribution >= 4 is 17.9 Å². The Morgan fingerprint density at radius 3 is 1.89 bits per heavy atom. The van der Waals surface area contributed by atoms with Gasteiger partial charge in [0, 0.05) is 6.42 Å². The lowest BCUT2D eigenvalue weighted by Crippen LogP contribution is -2.31. The van der Waals surface area contributed by atoms with Gasteiger partial charge in [-0.1, -0.05) is 37.3 Å². The Balaban J connectivity index is 1.74. The Hall–Kier alpha value is -4.27. The minimum atomic E-state index is -1.10. The van der Waals surface area contributed by atoms with E-state index in [0.717, 1.165) is 0 Å². The molecule has 9 nitrogen and oxygen atoms in total. The van der Waals surface area contributed by atoms with E-state index in [1.807, 2.05) is 13.0 Å². The normalized spacial score (nSPS) is 15.4. The molecule has 0 saturated heterocycles. The second-order valence-electron chi connectivity index (χ2n) is 8.21. The topological polar surface area (TPSA) is 107 Å². The van der Waals surface area contributed by atoms with Gasteiger partial charge < -0.3 is 28.4 Å². The maximum absolute atomic E-state index is 12.9. The number of para-hydroxylation sites is 2. The molecule has 0 saturated carbocycles. The zero-order valence-electron chi connectivity index (χ0n) is 21.2. The number of rotatable bonds is 11. The van der Waals surface area contributed by atoms with Crippen LogP contribution in [0.4, 0.5) is 0 Å². The van der Waals surface area contributed by atoms with E-state index in [2.05, 4.69) is 0 Å². The molecule has 0 heterocycles. The second kappa shape index (κ2) is 13.2. The van der Waals surface area contributed by atoms with Gasteiger partial charge in [0.05, 0.1) is 26.9 Å². The quantitative estimate of drug-likeness (QED) is 0.326. The SMILES string of the molecule is COC1=C(C(=O)OCC(COC(=O)c2ccccc2OC)OC(=O)c2ccccc2OC)C=CC(C)C1. The molecule has 2 atom stereocenters. The van der Waals surface area contributed by atoms with Crippen LogP contribution in [0.15, 0.2) is 72.0 Å². The maximum Gasteiger partial charge on any atom is 0.342 e. The third-order valence-electron chi connectivity index (χ3n) is 5.59. The molecule has 0 aromatic heterocycles. The van der Waals surface area contributed by atoms with Crippen molar-refractivity contribution in [3.05, 3.63) is 83.1 Å². The van der Waals surface area contributed by atoms with E-state index in [-0.39, 0.29) is 35.8 Å². The van der Waals surface area contributed by atoms with Crippen LogP contribution in [-0.2, 0) is 23.7 Å². The number of carbonyl (C=O) groups excluding carboxylic acids is 3. The summed E-state index contributed by atoms with van der Waals surface area (Å²) in [5.41, 5.74) is 0.653. The summed E-state index contributed by atoms with van der Waals surface area (Å²) in [7, 11) is 4.36. The summed E-state index contributed by atoms with van der Waals surface area (Å²) < 4.78 is 32.2. The standard InChI is InChI=1S/C28H30O9/c1-18-13-14-22(25(15-18)34-4)27(30)36-17-19(37-28(31)21-10-6-8-12-24(21)33-3)16-35-26(29)20-9-5-7-11-23(20)32-2/h5-14,18-19H,15-17H2,1-4H3. The first-order valence-electron chi connectivity index (χ1n) is 11.6. The Bertz CT molecular complexity index is 1180. The van der Waals surface area contributed by atoms with Crippen LogP contribution in [0.2, 0.25) is 0 Å². The lowest BCUT2D eigenvalue weighted by molar-refractivity contribution is -0.142. The van der Waals surface area contributed by atoms with Crippen LogP contribution in [0.1, 0.15) is 34.1 Å². The highest BCUT2D eigenvalue weighted by atomic mass is 16.6. The predicted octanol–water partition coefficient (Wildman–Crippen LogP) is 4.13. The smallest absolute Gasteiger partial charge is 0.342 e. The average Bonchev–Trinajstić information content (AvgIpc) is 2.93. The molecule has 0 amide bonds. The summed E-state index contributed by atoms with van der Waals surface area (Å²) in [5, 5.41) is 0. The zero-order chi connectivity index (χ0) is 26.8. The molecular formula is C28H30O9. The van der Waals surface area contributed by atoms with Crippen molar-refractivity contribution in [1.29, 1.82) is 0 Å². The van der Waals surface area contributed by atoms with Gasteiger partial charge in [0.15, 0.2) is 6.10 Å². The molecule has 196 valence electrons. The number of methoxy groups -OCH3 is 3. The molecule has 0 spiro atoms. The van der Waals surface area contributed by atoms with Crippen LogP contribution in [0, 0.1) is 5.92 Å². The summed E-state index contributed by atoms with van der Waals surface area (Å²) >= 11 is 0. The molecule has 1 aliphatic carbocycles. The van der Waals surface area contributed by atoms with Crippen molar-refractivity contribution < 1.29 is 42.8 Å². The molecule has 1 aliphatic rings. The number of esters is 3. The van der Waals surface area contributed by atoms with Gasteiger partial charge in [0.25, 0.3) is 0 Å². The Kier molecular flexibility index (Phi) is 9.71. The number of hydrogen-bond acceptors (Lipinski definition) is 9. The van der Waals surface area contributed by atoms with Crippen LogP contribution in [-0.4, -0.2) is 58.6 Å². The molecule has 0 aliphatic heterocycles. The van der Waals surface area contributed by atoms with Crippen LogP contribution < -0.4 is 9.47 Å². The molecule has 0 bridgehead atoms. The lowest BCUT2D eigenvalue weighted by atomic mass is 9.96. The number of allylic oxidation sites excluding steroid dienone is 2. The van der Waals surface area contributed by atoms with Gasteiger partial charge >= 0.3 is 17.9 Å². The van der Waals surface area contributed by atoms with Crippen molar-refractivity contribution in [2.45, 2.75) is 19.4 Å². The van der Waals surface area contributed by atoms with Crippen molar-refractivity contribution in [2.24, 2.45) is 5.92 Å². The first-order valence-corrected chi connectivity index (χ1v) is 11.6. The summed E-state index contributed by atoms with van der Waals surface area (Å²) in [4.78, 5) is 38.3. The van der Waals surface area contributed by atoms with Gasteiger partial charge in [-0.25, -0.2) is 14.4 Å². The van der Waals surface area contributed by atoms with Crippen LogP contribution in [0.5, 0.6) is 11.5 Å². The van der Waals surface area contributed by atoms with E-state index >= 15 is 0 Å². The second-order valence-corrected chi connectivity index (χ2v) is 8.21. The first-order chi connectivity index (χ1) is 17.9.